The smallest absolute Gasteiger partial charge is 0.226 e. The molecule has 20 heavy (non-hydrogen) atoms. The van der Waals surface area contributed by atoms with Crippen molar-refractivity contribution in [3.8, 4) is 5.75 Å². The Labute approximate surface area is 119 Å². The summed E-state index contributed by atoms with van der Waals surface area (Å²) in [7, 11) is 1.81. The summed E-state index contributed by atoms with van der Waals surface area (Å²) in [6, 6.07) is 17.0. The lowest BCUT2D eigenvalue weighted by molar-refractivity contribution is -0.129. The first-order valence-electron chi connectivity index (χ1n) is 6.71. The summed E-state index contributed by atoms with van der Waals surface area (Å²) in [5, 5.41) is 9.39. The first-order chi connectivity index (χ1) is 9.65. The Morgan fingerprint density at radius 1 is 1.05 bits per heavy atom. The first-order valence-corrected chi connectivity index (χ1v) is 6.71. The molecule has 0 heterocycles. The highest BCUT2D eigenvalue weighted by Crippen LogP contribution is 2.12. The Hall–Kier alpha value is -2.29. The maximum Gasteiger partial charge on any atom is 0.226 e. The summed E-state index contributed by atoms with van der Waals surface area (Å²) in [5.74, 6) is 0.258. The molecule has 2 aromatic rings. The van der Waals surface area contributed by atoms with E-state index >= 15 is 0 Å². The zero-order valence-electron chi connectivity index (χ0n) is 11.6. The van der Waals surface area contributed by atoms with Crippen LogP contribution in [0.15, 0.2) is 54.6 Å². The Kier molecular flexibility index (Phi) is 4.77. The maximum atomic E-state index is 12.1. The van der Waals surface area contributed by atoms with Crippen LogP contribution in [0.3, 0.4) is 0 Å². The van der Waals surface area contributed by atoms with E-state index in [1.807, 2.05) is 31.3 Å². The summed E-state index contributed by atoms with van der Waals surface area (Å²) < 4.78 is 0. The van der Waals surface area contributed by atoms with Crippen LogP contribution in [-0.2, 0) is 17.6 Å². The number of rotatable bonds is 5. The van der Waals surface area contributed by atoms with Crippen LogP contribution in [0.4, 0.5) is 0 Å². The van der Waals surface area contributed by atoms with Gasteiger partial charge in [-0.2, -0.15) is 0 Å². The van der Waals surface area contributed by atoms with Crippen molar-refractivity contribution in [3.05, 3.63) is 65.7 Å². The second-order valence-electron chi connectivity index (χ2n) is 4.90. The molecule has 1 amide bonds. The molecule has 0 saturated carbocycles. The van der Waals surface area contributed by atoms with E-state index in [0.717, 1.165) is 12.0 Å². The lowest BCUT2D eigenvalue weighted by Crippen LogP contribution is -2.30. The molecule has 0 saturated heterocycles. The van der Waals surface area contributed by atoms with E-state index in [2.05, 4.69) is 12.1 Å². The van der Waals surface area contributed by atoms with Gasteiger partial charge < -0.3 is 10.0 Å². The highest BCUT2D eigenvalue weighted by Gasteiger charge is 2.09. The molecule has 0 radical (unpaired) electrons. The molecular formula is C17H19NO2. The lowest BCUT2D eigenvalue weighted by Gasteiger charge is -2.17. The highest BCUT2D eigenvalue weighted by atomic mass is 16.3. The molecule has 0 fully saturated rings. The first kappa shape index (κ1) is 14.1. The van der Waals surface area contributed by atoms with Gasteiger partial charge in [0, 0.05) is 13.6 Å². The van der Waals surface area contributed by atoms with Gasteiger partial charge >= 0.3 is 0 Å². The summed E-state index contributed by atoms with van der Waals surface area (Å²) in [6.07, 6.45) is 1.17. The quantitative estimate of drug-likeness (QED) is 0.906. The van der Waals surface area contributed by atoms with Crippen LogP contribution in [-0.4, -0.2) is 29.5 Å². The van der Waals surface area contributed by atoms with Crippen molar-refractivity contribution in [3.63, 3.8) is 0 Å². The summed E-state index contributed by atoms with van der Waals surface area (Å²) >= 11 is 0. The zero-order valence-corrected chi connectivity index (χ0v) is 11.6. The Morgan fingerprint density at radius 3 is 2.45 bits per heavy atom. The minimum Gasteiger partial charge on any atom is -0.508 e. The van der Waals surface area contributed by atoms with Crippen molar-refractivity contribution >= 4 is 5.91 Å². The van der Waals surface area contributed by atoms with E-state index in [4.69, 9.17) is 0 Å². The number of benzene rings is 2. The van der Waals surface area contributed by atoms with E-state index in [-0.39, 0.29) is 11.7 Å². The lowest BCUT2D eigenvalue weighted by atomic mass is 10.1. The number of phenolic OH excluding ortho intramolecular Hbond substituents is 1. The van der Waals surface area contributed by atoms with Gasteiger partial charge in [0.15, 0.2) is 0 Å². The third-order valence-electron chi connectivity index (χ3n) is 3.27. The van der Waals surface area contributed by atoms with Crippen molar-refractivity contribution in [1.82, 2.24) is 4.90 Å². The van der Waals surface area contributed by atoms with E-state index in [1.165, 1.54) is 5.56 Å². The number of amides is 1. The Morgan fingerprint density at radius 2 is 1.75 bits per heavy atom. The molecule has 0 atom stereocenters. The monoisotopic (exact) mass is 269 g/mol. The minimum atomic E-state index is 0.0616. The van der Waals surface area contributed by atoms with Gasteiger partial charge in [0.25, 0.3) is 0 Å². The van der Waals surface area contributed by atoms with Gasteiger partial charge in [0.2, 0.25) is 5.91 Å². The molecule has 3 nitrogen and oxygen atoms in total. The van der Waals surface area contributed by atoms with Gasteiger partial charge in [0.1, 0.15) is 5.75 Å². The SMILES string of the molecule is CN(CCc1ccccc1)C(=O)Cc1cccc(O)c1. The summed E-state index contributed by atoms with van der Waals surface area (Å²) in [6.45, 7) is 0.696. The summed E-state index contributed by atoms with van der Waals surface area (Å²) in [5.41, 5.74) is 2.06. The van der Waals surface area contributed by atoms with Crippen molar-refractivity contribution in [1.29, 1.82) is 0 Å². The molecule has 1 N–H and O–H groups in total. The molecule has 0 aliphatic carbocycles. The number of phenols is 1. The summed E-state index contributed by atoms with van der Waals surface area (Å²) in [4.78, 5) is 13.8. The maximum absolute atomic E-state index is 12.1. The van der Waals surface area contributed by atoms with E-state index in [9.17, 15) is 9.90 Å². The molecule has 0 bridgehead atoms. The third kappa shape index (κ3) is 4.12. The van der Waals surface area contributed by atoms with Crippen LogP contribution in [0, 0.1) is 0 Å². The van der Waals surface area contributed by atoms with Crippen LogP contribution in [0.25, 0.3) is 0 Å². The minimum absolute atomic E-state index is 0.0616. The molecule has 0 aromatic heterocycles. The molecule has 0 spiro atoms. The van der Waals surface area contributed by atoms with E-state index < -0.39 is 0 Å². The normalized spacial score (nSPS) is 10.2. The van der Waals surface area contributed by atoms with E-state index in [0.29, 0.717) is 13.0 Å². The van der Waals surface area contributed by atoms with Gasteiger partial charge in [-0.3, -0.25) is 4.79 Å². The van der Waals surface area contributed by atoms with Crippen molar-refractivity contribution in [2.45, 2.75) is 12.8 Å². The average molecular weight is 269 g/mol. The fourth-order valence-electron chi connectivity index (χ4n) is 2.04. The predicted molar refractivity (Wildman–Crippen MR) is 79.6 cm³/mol. The van der Waals surface area contributed by atoms with Crippen LogP contribution in [0.1, 0.15) is 11.1 Å². The largest absolute Gasteiger partial charge is 0.508 e. The number of likely N-dealkylation sites (N-methyl/N-ethyl adjacent to an activating group) is 1. The van der Waals surface area contributed by atoms with Gasteiger partial charge in [0.05, 0.1) is 6.42 Å². The predicted octanol–water partition coefficient (Wildman–Crippen LogP) is 2.64. The Balaban J connectivity index is 1.86. The topological polar surface area (TPSA) is 40.5 Å². The molecule has 2 aromatic carbocycles. The van der Waals surface area contributed by atoms with Crippen LogP contribution in [0.5, 0.6) is 5.75 Å². The number of carbonyl (C=O) groups excluding carboxylic acids is 1. The highest BCUT2D eigenvalue weighted by molar-refractivity contribution is 5.78. The van der Waals surface area contributed by atoms with Crippen molar-refractivity contribution in [2.75, 3.05) is 13.6 Å². The van der Waals surface area contributed by atoms with Crippen LogP contribution >= 0.6 is 0 Å². The van der Waals surface area contributed by atoms with Gasteiger partial charge in [-0.15, -0.1) is 0 Å². The van der Waals surface area contributed by atoms with Gasteiger partial charge in [-0.25, -0.2) is 0 Å². The van der Waals surface area contributed by atoms with Crippen LogP contribution in [0.2, 0.25) is 0 Å². The molecule has 0 aliphatic heterocycles. The standard InChI is InChI=1S/C17H19NO2/c1-18(11-10-14-6-3-2-4-7-14)17(20)13-15-8-5-9-16(19)12-15/h2-9,12,19H,10-11,13H2,1H3. The fourth-order valence-corrected chi connectivity index (χ4v) is 2.04. The molecule has 104 valence electrons. The van der Waals surface area contributed by atoms with Crippen molar-refractivity contribution < 1.29 is 9.90 Å². The third-order valence-corrected chi connectivity index (χ3v) is 3.27. The van der Waals surface area contributed by atoms with Gasteiger partial charge in [-0.05, 0) is 29.7 Å². The number of nitrogens with zero attached hydrogens (tertiary/aromatic N) is 1. The van der Waals surface area contributed by atoms with Crippen LogP contribution < -0.4 is 0 Å². The second kappa shape index (κ2) is 6.75. The average Bonchev–Trinajstić information content (AvgIpc) is 2.46. The number of hydrogen-bond acceptors (Lipinski definition) is 2. The fraction of sp³-hybridized carbons (Fsp3) is 0.235. The molecule has 0 aliphatic rings. The van der Waals surface area contributed by atoms with E-state index in [1.54, 1.807) is 23.1 Å². The number of aromatic hydroxyl groups is 1. The molecule has 3 heteroatoms. The van der Waals surface area contributed by atoms with Crippen molar-refractivity contribution in [2.24, 2.45) is 0 Å². The van der Waals surface area contributed by atoms with Gasteiger partial charge in [-0.1, -0.05) is 42.5 Å². The molecular weight excluding hydrogens is 250 g/mol. The number of hydrogen-bond donors (Lipinski definition) is 1. The second-order valence-corrected chi connectivity index (χ2v) is 4.90. The Bertz CT molecular complexity index is 566. The number of carbonyl (C=O) groups is 1. The molecule has 0 unspecified atom stereocenters. The molecule has 2 rings (SSSR count). The zero-order chi connectivity index (χ0) is 14.4.